The number of hydrogen-bond donors (Lipinski definition) is 2. The molecule has 2 heterocycles. The molecule has 8 heteroatoms. The lowest BCUT2D eigenvalue weighted by atomic mass is 10.0. The smallest absolute Gasteiger partial charge is 0.251 e. The maximum atomic E-state index is 12.8. The van der Waals surface area contributed by atoms with Gasteiger partial charge in [-0.25, -0.2) is 0 Å². The molecule has 0 spiro atoms. The summed E-state index contributed by atoms with van der Waals surface area (Å²) in [5.41, 5.74) is 2.41. The summed E-state index contributed by atoms with van der Waals surface area (Å²) in [6, 6.07) is 10.5. The average Bonchev–Trinajstić information content (AvgIpc) is 3.16. The van der Waals surface area contributed by atoms with Crippen LogP contribution >= 0.6 is 0 Å². The van der Waals surface area contributed by atoms with Gasteiger partial charge in [-0.2, -0.15) is 0 Å². The number of carbonyl (C=O) groups excluding carboxylic acids is 3. The fraction of sp³-hybridized carbons (Fsp3) is 0.318. The van der Waals surface area contributed by atoms with Gasteiger partial charge >= 0.3 is 0 Å². The predicted molar refractivity (Wildman–Crippen MR) is 111 cm³/mol. The highest BCUT2D eigenvalue weighted by molar-refractivity contribution is 6.04. The van der Waals surface area contributed by atoms with Crippen molar-refractivity contribution < 1.29 is 23.9 Å². The maximum absolute atomic E-state index is 12.8. The van der Waals surface area contributed by atoms with Crippen LogP contribution in [-0.2, 0) is 9.59 Å². The molecule has 2 aliphatic heterocycles. The molecule has 0 saturated carbocycles. The molecule has 156 valence electrons. The third-order valence-corrected chi connectivity index (χ3v) is 5.40. The van der Waals surface area contributed by atoms with E-state index in [1.54, 1.807) is 55.3 Å². The number of ether oxygens (including phenoxy) is 2. The molecule has 2 aromatic carbocycles. The van der Waals surface area contributed by atoms with Gasteiger partial charge in [0, 0.05) is 43.0 Å². The first kappa shape index (κ1) is 19.8. The molecule has 2 aliphatic rings. The number of fused-ring (bicyclic) bond motifs is 1. The third kappa shape index (κ3) is 3.68. The van der Waals surface area contributed by atoms with Crippen molar-refractivity contribution in [1.82, 2.24) is 5.32 Å². The normalized spacial score (nSPS) is 17.6. The van der Waals surface area contributed by atoms with E-state index < -0.39 is 5.92 Å². The Kier molecular flexibility index (Phi) is 5.31. The first-order valence-corrected chi connectivity index (χ1v) is 9.80. The largest absolute Gasteiger partial charge is 0.486 e. The highest BCUT2D eigenvalue weighted by atomic mass is 16.6. The Hall–Kier alpha value is -3.55. The van der Waals surface area contributed by atoms with Crippen LogP contribution in [0.3, 0.4) is 0 Å². The SMILES string of the molecule is CNC(=O)c1cccc(NC(=O)C2CC(=O)N(c3ccc4c(c3)OCCO4)C2)c1C. The molecule has 0 aliphatic carbocycles. The van der Waals surface area contributed by atoms with Crippen molar-refractivity contribution in [3.05, 3.63) is 47.5 Å². The summed E-state index contributed by atoms with van der Waals surface area (Å²) in [6.07, 6.45) is 0.120. The molecular weight excluding hydrogens is 386 g/mol. The van der Waals surface area contributed by atoms with Crippen LogP contribution in [0.4, 0.5) is 11.4 Å². The number of anilines is 2. The first-order valence-electron chi connectivity index (χ1n) is 9.80. The van der Waals surface area contributed by atoms with Gasteiger partial charge < -0.3 is 25.0 Å². The molecule has 2 N–H and O–H groups in total. The second-order valence-electron chi connectivity index (χ2n) is 7.28. The molecular formula is C22H23N3O5. The van der Waals surface area contributed by atoms with E-state index in [1.807, 2.05) is 0 Å². The lowest BCUT2D eigenvalue weighted by Gasteiger charge is -2.22. The van der Waals surface area contributed by atoms with Gasteiger partial charge in [0.2, 0.25) is 11.8 Å². The molecule has 1 atom stereocenters. The Labute approximate surface area is 174 Å². The van der Waals surface area contributed by atoms with Crippen molar-refractivity contribution in [2.75, 3.05) is 37.0 Å². The Morgan fingerprint density at radius 1 is 1.10 bits per heavy atom. The van der Waals surface area contributed by atoms with Crippen LogP contribution in [0.15, 0.2) is 36.4 Å². The van der Waals surface area contributed by atoms with Crippen LogP contribution in [0.25, 0.3) is 0 Å². The van der Waals surface area contributed by atoms with Gasteiger partial charge in [0.05, 0.1) is 5.92 Å². The summed E-state index contributed by atoms with van der Waals surface area (Å²) in [5, 5.41) is 5.46. The van der Waals surface area contributed by atoms with E-state index in [9.17, 15) is 14.4 Å². The Morgan fingerprint density at radius 3 is 2.63 bits per heavy atom. The fourth-order valence-electron chi connectivity index (χ4n) is 3.72. The minimum Gasteiger partial charge on any atom is -0.486 e. The molecule has 0 radical (unpaired) electrons. The van der Waals surface area contributed by atoms with Crippen LogP contribution < -0.4 is 25.0 Å². The zero-order valence-electron chi connectivity index (χ0n) is 16.9. The Bertz CT molecular complexity index is 1020. The van der Waals surface area contributed by atoms with E-state index in [0.717, 1.165) is 0 Å². The number of rotatable bonds is 4. The lowest BCUT2D eigenvalue weighted by molar-refractivity contribution is -0.122. The van der Waals surface area contributed by atoms with Crippen molar-refractivity contribution in [3.63, 3.8) is 0 Å². The van der Waals surface area contributed by atoms with E-state index in [4.69, 9.17) is 9.47 Å². The summed E-state index contributed by atoms with van der Waals surface area (Å²) in [6.45, 7) is 3.02. The van der Waals surface area contributed by atoms with E-state index in [0.29, 0.717) is 47.2 Å². The quantitative estimate of drug-likeness (QED) is 0.806. The molecule has 1 fully saturated rings. The van der Waals surface area contributed by atoms with Gasteiger partial charge in [0.15, 0.2) is 11.5 Å². The van der Waals surface area contributed by atoms with Gasteiger partial charge in [0.1, 0.15) is 13.2 Å². The Balaban J connectivity index is 1.48. The highest BCUT2D eigenvalue weighted by Crippen LogP contribution is 2.36. The molecule has 2 aromatic rings. The standard InChI is InChI=1S/C22H23N3O5/c1-13-16(22(28)23-2)4-3-5-17(13)24-21(27)14-10-20(26)25(12-14)15-6-7-18-19(11-15)30-9-8-29-18/h3-7,11,14H,8-10,12H2,1-2H3,(H,23,28)(H,24,27). The second-order valence-corrected chi connectivity index (χ2v) is 7.28. The maximum Gasteiger partial charge on any atom is 0.251 e. The number of nitrogens with zero attached hydrogens (tertiary/aromatic N) is 1. The van der Waals surface area contributed by atoms with Crippen molar-refractivity contribution in [1.29, 1.82) is 0 Å². The number of hydrogen-bond acceptors (Lipinski definition) is 5. The third-order valence-electron chi connectivity index (χ3n) is 5.40. The van der Waals surface area contributed by atoms with E-state index in [-0.39, 0.29) is 30.7 Å². The lowest BCUT2D eigenvalue weighted by Crippen LogP contribution is -2.28. The fourth-order valence-corrected chi connectivity index (χ4v) is 3.72. The molecule has 30 heavy (non-hydrogen) atoms. The molecule has 3 amide bonds. The monoisotopic (exact) mass is 409 g/mol. The number of nitrogens with one attached hydrogen (secondary N) is 2. The van der Waals surface area contributed by atoms with Gasteiger partial charge in [-0.05, 0) is 36.8 Å². The van der Waals surface area contributed by atoms with Gasteiger partial charge in [-0.1, -0.05) is 6.07 Å². The number of amides is 3. The summed E-state index contributed by atoms with van der Waals surface area (Å²) < 4.78 is 11.1. The number of carbonyl (C=O) groups is 3. The van der Waals surface area contributed by atoms with Crippen LogP contribution in [0.1, 0.15) is 22.3 Å². The summed E-state index contributed by atoms with van der Waals surface area (Å²) in [5.74, 6) is 0.167. The molecule has 8 nitrogen and oxygen atoms in total. The van der Waals surface area contributed by atoms with Crippen molar-refractivity contribution in [3.8, 4) is 11.5 Å². The minimum atomic E-state index is -0.492. The zero-order chi connectivity index (χ0) is 21.3. The van der Waals surface area contributed by atoms with E-state index in [2.05, 4.69) is 10.6 Å². The average molecular weight is 409 g/mol. The first-order chi connectivity index (χ1) is 14.5. The van der Waals surface area contributed by atoms with E-state index >= 15 is 0 Å². The topological polar surface area (TPSA) is 97.0 Å². The van der Waals surface area contributed by atoms with Crippen LogP contribution in [0.5, 0.6) is 11.5 Å². The molecule has 1 unspecified atom stereocenters. The molecule has 4 rings (SSSR count). The number of benzene rings is 2. The highest BCUT2D eigenvalue weighted by Gasteiger charge is 2.36. The predicted octanol–water partition coefficient (Wildman–Crippen LogP) is 2.12. The van der Waals surface area contributed by atoms with Crippen molar-refractivity contribution >= 4 is 29.1 Å². The van der Waals surface area contributed by atoms with Crippen molar-refractivity contribution in [2.24, 2.45) is 5.92 Å². The summed E-state index contributed by atoms with van der Waals surface area (Å²) in [7, 11) is 1.56. The summed E-state index contributed by atoms with van der Waals surface area (Å²) >= 11 is 0. The molecule has 0 bridgehead atoms. The van der Waals surface area contributed by atoms with Gasteiger partial charge in [-0.15, -0.1) is 0 Å². The molecule has 0 aromatic heterocycles. The van der Waals surface area contributed by atoms with Crippen LogP contribution in [-0.4, -0.2) is 44.5 Å². The minimum absolute atomic E-state index is 0.120. The van der Waals surface area contributed by atoms with Crippen LogP contribution in [0.2, 0.25) is 0 Å². The Morgan fingerprint density at radius 2 is 1.87 bits per heavy atom. The van der Waals surface area contributed by atoms with Gasteiger partial charge in [0.25, 0.3) is 5.91 Å². The second kappa shape index (κ2) is 8.06. The van der Waals surface area contributed by atoms with E-state index in [1.165, 1.54) is 0 Å². The summed E-state index contributed by atoms with van der Waals surface area (Å²) in [4.78, 5) is 39.0. The van der Waals surface area contributed by atoms with Crippen molar-refractivity contribution in [2.45, 2.75) is 13.3 Å². The molecule has 1 saturated heterocycles. The van der Waals surface area contributed by atoms with Crippen LogP contribution in [0, 0.1) is 12.8 Å². The van der Waals surface area contributed by atoms with Gasteiger partial charge in [-0.3, -0.25) is 14.4 Å². The zero-order valence-corrected chi connectivity index (χ0v) is 16.9.